The molecule has 0 aliphatic heterocycles. The zero-order chi connectivity index (χ0) is 21.2. The predicted octanol–water partition coefficient (Wildman–Crippen LogP) is 2.92. The van der Waals surface area contributed by atoms with Crippen molar-refractivity contribution in [3.63, 3.8) is 0 Å². The second-order valence-electron chi connectivity index (χ2n) is 7.42. The first-order valence-corrected chi connectivity index (χ1v) is 9.97. The fraction of sp³-hybridized carbons (Fsp3) is 0.478. The second kappa shape index (κ2) is 11.5. The van der Waals surface area contributed by atoms with Gasteiger partial charge < -0.3 is 20.1 Å². The lowest BCUT2D eigenvalue weighted by atomic mass is 9.90. The third-order valence-electron chi connectivity index (χ3n) is 5.21. The van der Waals surface area contributed by atoms with Crippen molar-refractivity contribution in [2.75, 3.05) is 7.11 Å². The Hall–Kier alpha value is -2.44. The lowest BCUT2D eigenvalue weighted by molar-refractivity contribution is -0.137. The number of hydrogen-bond donors (Lipinski definition) is 3. The van der Waals surface area contributed by atoms with E-state index in [0.29, 0.717) is 25.7 Å². The fourth-order valence-corrected chi connectivity index (χ4v) is 3.59. The van der Waals surface area contributed by atoms with E-state index in [0.717, 1.165) is 11.3 Å². The van der Waals surface area contributed by atoms with Gasteiger partial charge in [0.15, 0.2) is 0 Å². The Morgan fingerprint density at radius 3 is 2.66 bits per heavy atom. The van der Waals surface area contributed by atoms with Crippen LogP contribution in [0.5, 0.6) is 5.75 Å². The zero-order valence-electron chi connectivity index (χ0n) is 16.7. The molecule has 29 heavy (non-hydrogen) atoms. The standard InChI is InChI=1S/C23H30O6/c1-29-18-11-8-16(9-12-18)14-17(24)10-13-20-19(21(25)15-22(20)26)6-4-2-3-5-7-23(27)28/h2,4,8-13,17,19-20,22,24,26H,3,5-7,14-15H2,1H3,(H,27,28)/b4-2-,13-10+/t17-,19-,20-,22-/m1/s1. The number of unbranched alkanes of at least 4 members (excludes halogenated alkanes) is 1. The van der Waals surface area contributed by atoms with Crippen molar-refractivity contribution in [2.24, 2.45) is 11.8 Å². The quantitative estimate of drug-likeness (QED) is 0.388. The van der Waals surface area contributed by atoms with Crippen LogP contribution in [0, 0.1) is 11.8 Å². The topological polar surface area (TPSA) is 104 Å². The molecule has 158 valence electrons. The van der Waals surface area contributed by atoms with Crippen molar-refractivity contribution in [1.82, 2.24) is 0 Å². The minimum atomic E-state index is -0.814. The Bertz CT molecular complexity index is 721. The number of hydrogen-bond acceptors (Lipinski definition) is 5. The number of aliphatic hydroxyl groups is 2. The molecule has 6 heteroatoms. The lowest BCUT2D eigenvalue weighted by Gasteiger charge is -2.16. The van der Waals surface area contributed by atoms with Crippen LogP contribution in [0.4, 0.5) is 0 Å². The van der Waals surface area contributed by atoms with Crippen LogP contribution in [0.3, 0.4) is 0 Å². The number of ether oxygens (including phenoxy) is 1. The van der Waals surface area contributed by atoms with Crippen LogP contribution in [0.2, 0.25) is 0 Å². The molecule has 0 bridgehead atoms. The lowest BCUT2D eigenvalue weighted by Crippen LogP contribution is -2.19. The van der Waals surface area contributed by atoms with E-state index in [-0.39, 0.29) is 30.5 Å². The Kier molecular flexibility index (Phi) is 9.09. The molecule has 0 amide bonds. The molecule has 6 nitrogen and oxygen atoms in total. The van der Waals surface area contributed by atoms with Crippen molar-refractivity contribution >= 4 is 11.8 Å². The van der Waals surface area contributed by atoms with E-state index < -0.39 is 18.2 Å². The number of carboxylic acids is 1. The van der Waals surface area contributed by atoms with Gasteiger partial charge in [0, 0.05) is 31.1 Å². The van der Waals surface area contributed by atoms with Crippen molar-refractivity contribution in [2.45, 2.75) is 50.7 Å². The third-order valence-corrected chi connectivity index (χ3v) is 5.21. The molecule has 3 N–H and O–H groups in total. The Morgan fingerprint density at radius 2 is 2.00 bits per heavy atom. The third kappa shape index (κ3) is 7.48. The van der Waals surface area contributed by atoms with Crippen molar-refractivity contribution < 1.29 is 29.6 Å². The number of benzene rings is 1. The first-order chi connectivity index (χ1) is 13.9. The van der Waals surface area contributed by atoms with Crippen LogP contribution in [-0.4, -0.2) is 46.4 Å². The number of ketones is 1. The monoisotopic (exact) mass is 402 g/mol. The largest absolute Gasteiger partial charge is 0.497 e. The highest BCUT2D eigenvalue weighted by atomic mass is 16.5. The maximum Gasteiger partial charge on any atom is 0.303 e. The highest BCUT2D eigenvalue weighted by molar-refractivity contribution is 5.84. The van der Waals surface area contributed by atoms with Gasteiger partial charge in [-0.2, -0.15) is 0 Å². The molecule has 1 aliphatic rings. The average molecular weight is 402 g/mol. The highest BCUT2D eigenvalue weighted by Crippen LogP contribution is 2.33. The van der Waals surface area contributed by atoms with Gasteiger partial charge in [0.25, 0.3) is 0 Å². The Balaban J connectivity index is 1.88. The SMILES string of the molecule is COc1ccc(C[C@H](O)/C=C/[C@H]2[C@H](O)CC(=O)[C@@H]2C/C=C\CCCC(=O)O)cc1. The van der Waals surface area contributed by atoms with Crippen LogP contribution in [-0.2, 0) is 16.0 Å². The Labute approximate surface area is 171 Å². The normalized spacial score (nSPS) is 23.1. The first-order valence-electron chi connectivity index (χ1n) is 9.97. The number of aliphatic hydroxyl groups excluding tert-OH is 2. The van der Waals surface area contributed by atoms with Gasteiger partial charge in [0.1, 0.15) is 11.5 Å². The number of carbonyl (C=O) groups excluding carboxylic acids is 1. The molecule has 0 heterocycles. The summed E-state index contributed by atoms with van der Waals surface area (Å²) in [5, 5.41) is 29.2. The number of rotatable bonds is 11. The molecule has 0 saturated heterocycles. The molecule has 1 fully saturated rings. The van der Waals surface area contributed by atoms with Crippen molar-refractivity contribution in [1.29, 1.82) is 0 Å². The smallest absolute Gasteiger partial charge is 0.303 e. The van der Waals surface area contributed by atoms with Crippen molar-refractivity contribution in [3.05, 3.63) is 54.1 Å². The summed E-state index contributed by atoms with van der Waals surface area (Å²) in [5.41, 5.74) is 0.965. The van der Waals surface area contributed by atoms with E-state index in [1.54, 1.807) is 19.3 Å². The highest BCUT2D eigenvalue weighted by Gasteiger charge is 2.39. The van der Waals surface area contributed by atoms with E-state index in [9.17, 15) is 19.8 Å². The number of allylic oxidation sites excluding steroid dienone is 2. The number of carboxylic acid groups (broad SMARTS) is 1. The summed E-state index contributed by atoms with van der Waals surface area (Å²) < 4.78 is 5.12. The van der Waals surface area contributed by atoms with E-state index in [1.165, 1.54) is 0 Å². The first kappa shape index (κ1) is 22.8. The molecule has 0 unspecified atom stereocenters. The van der Waals surface area contributed by atoms with E-state index >= 15 is 0 Å². The minimum absolute atomic E-state index is 0.0204. The molecule has 1 aliphatic carbocycles. The van der Waals surface area contributed by atoms with E-state index in [1.807, 2.05) is 36.4 Å². The van der Waals surface area contributed by atoms with Gasteiger partial charge >= 0.3 is 5.97 Å². The average Bonchev–Trinajstić information content (AvgIpc) is 2.95. The number of carbonyl (C=O) groups is 2. The molecule has 4 atom stereocenters. The molecule has 2 rings (SSSR count). The van der Waals surface area contributed by atoms with Gasteiger partial charge in [-0.05, 0) is 37.0 Å². The van der Waals surface area contributed by atoms with Gasteiger partial charge in [-0.15, -0.1) is 0 Å². The van der Waals surface area contributed by atoms with Crippen LogP contribution in [0.1, 0.15) is 37.7 Å². The van der Waals surface area contributed by atoms with Crippen LogP contribution < -0.4 is 4.74 Å². The molecule has 0 aromatic heterocycles. The number of Topliss-reactive ketones (excluding diaryl/α,β-unsaturated/α-hetero) is 1. The van der Waals surface area contributed by atoms with E-state index in [2.05, 4.69) is 0 Å². The predicted molar refractivity (Wildman–Crippen MR) is 110 cm³/mol. The second-order valence-corrected chi connectivity index (χ2v) is 7.42. The van der Waals surface area contributed by atoms with Gasteiger partial charge in [0.05, 0.1) is 19.3 Å². The summed E-state index contributed by atoms with van der Waals surface area (Å²) in [6.45, 7) is 0. The van der Waals surface area contributed by atoms with Gasteiger partial charge in [-0.1, -0.05) is 36.4 Å². The number of methoxy groups -OCH3 is 1. The Morgan fingerprint density at radius 1 is 1.28 bits per heavy atom. The molecular weight excluding hydrogens is 372 g/mol. The zero-order valence-corrected chi connectivity index (χ0v) is 16.7. The molecule has 1 aromatic rings. The van der Waals surface area contributed by atoms with Crippen molar-refractivity contribution in [3.8, 4) is 5.75 Å². The maximum atomic E-state index is 12.2. The fourth-order valence-electron chi connectivity index (χ4n) is 3.59. The summed E-state index contributed by atoms with van der Waals surface area (Å²) in [6, 6.07) is 7.46. The molecular formula is C23H30O6. The van der Waals surface area contributed by atoms with Gasteiger partial charge in [0.2, 0.25) is 0 Å². The summed E-state index contributed by atoms with van der Waals surface area (Å²) in [6.07, 6.45) is 8.15. The summed E-state index contributed by atoms with van der Waals surface area (Å²) in [5.74, 6) is -0.676. The van der Waals surface area contributed by atoms with Gasteiger partial charge in [-0.3, -0.25) is 9.59 Å². The molecule has 0 spiro atoms. The van der Waals surface area contributed by atoms with Crippen LogP contribution in [0.15, 0.2) is 48.6 Å². The minimum Gasteiger partial charge on any atom is -0.497 e. The summed E-state index contributed by atoms with van der Waals surface area (Å²) >= 11 is 0. The van der Waals surface area contributed by atoms with Crippen LogP contribution in [0.25, 0.3) is 0 Å². The van der Waals surface area contributed by atoms with Gasteiger partial charge in [-0.25, -0.2) is 0 Å². The van der Waals surface area contributed by atoms with Crippen LogP contribution >= 0.6 is 0 Å². The molecule has 1 saturated carbocycles. The molecule has 1 aromatic carbocycles. The summed E-state index contributed by atoms with van der Waals surface area (Å²) in [7, 11) is 1.60. The maximum absolute atomic E-state index is 12.2. The summed E-state index contributed by atoms with van der Waals surface area (Å²) in [4.78, 5) is 22.7. The van der Waals surface area contributed by atoms with E-state index in [4.69, 9.17) is 9.84 Å². The number of aliphatic carboxylic acids is 1. The molecule has 0 radical (unpaired) electrons.